The molecule has 1 aliphatic rings. The molecule has 0 radical (unpaired) electrons. The van der Waals surface area contributed by atoms with Gasteiger partial charge in [0.2, 0.25) is 0 Å². The number of aromatic nitrogens is 3. The van der Waals surface area contributed by atoms with Crippen LogP contribution in [0.15, 0.2) is 54.9 Å². The molecule has 1 atom stereocenters. The Morgan fingerprint density at radius 1 is 1.12 bits per heavy atom. The minimum atomic E-state index is 0.0557. The van der Waals surface area contributed by atoms with Crippen LogP contribution < -0.4 is 0 Å². The van der Waals surface area contributed by atoms with Crippen LogP contribution in [0, 0.1) is 0 Å². The Kier molecular flexibility index (Phi) is 4.78. The maximum Gasteiger partial charge on any atom is 0.100 e. The van der Waals surface area contributed by atoms with E-state index < -0.39 is 0 Å². The molecule has 3 heterocycles. The van der Waals surface area contributed by atoms with Crippen molar-refractivity contribution in [1.82, 2.24) is 14.8 Å². The Bertz CT molecular complexity index is 859. The van der Waals surface area contributed by atoms with Gasteiger partial charge in [-0.05, 0) is 24.3 Å². The molecule has 1 aromatic carbocycles. The van der Waals surface area contributed by atoms with Crippen LogP contribution in [0.5, 0.6) is 0 Å². The van der Waals surface area contributed by atoms with Crippen molar-refractivity contribution < 1.29 is 9.47 Å². The van der Waals surface area contributed by atoms with Crippen molar-refractivity contribution >= 4 is 11.6 Å². The molecule has 1 unspecified atom stereocenters. The third-order valence-electron chi connectivity index (χ3n) is 4.11. The van der Waals surface area contributed by atoms with Crippen molar-refractivity contribution in [1.29, 1.82) is 0 Å². The van der Waals surface area contributed by atoms with Gasteiger partial charge in [-0.15, -0.1) is 0 Å². The Morgan fingerprint density at radius 2 is 2.04 bits per heavy atom. The summed E-state index contributed by atoms with van der Waals surface area (Å²) in [6.45, 7) is 2.62. The molecule has 1 fully saturated rings. The molecule has 25 heavy (non-hydrogen) atoms. The van der Waals surface area contributed by atoms with Crippen molar-refractivity contribution in [3.8, 4) is 22.5 Å². The largest absolute Gasteiger partial charge is 0.376 e. The van der Waals surface area contributed by atoms with E-state index in [0.29, 0.717) is 31.4 Å². The Balaban J connectivity index is 1.56. The van der Waals surface area contributed by atoms with E-state index in [2.05, 4.69) is 16.1 Å². The first-order valence-electron chi connectivity index (χ1n) is 8.24. The van der Waals surface area contributed by atoms with Gasteiger partial charge in [0.1, 0.15) is 6.10 Å². The fourth-order valence-electron chi connectivity index (χ4n) is 2.89. The molecule has 1 aliphatic heterocycles. The number of benzene rings is 1. The summed E-state index contributed by atoms with van der Waals surface area (Å²) < 4.78 is 13.0. The fraction of sp³-hybridized carbons (Fsp3) is 0.263. The summed E-state index contributed by atoms with van der Waals surface area (Å²) >= 11 is 6.26. The summed E-state index contributed by atoms with van der Waals surface area (Å²) in [5, 5.41) is 5.30. The van der Waals surface area contributed by atoms with Gasteiger partial charge in [-0.25, -0.2) is 0 Å². The molecule has 0 bridgehead atoms. The number of halogens is 1. The van der Waals surface area contributed by atoms with E-state index in [1.165, 1.54) is 0 Å². The van der Waals surface area contributed by atoms with Gasteiger partial charge in [-0.3, -0.25) is 9.67 Å². The van der Waals surface area contributed by atoms with Gasteiger partial charge in [0.05, 0.1) is 42.8 Å². The monoisotopic (exact) mass is 355 g/mol. The number of rotatable bonds is 4. The lowest BCUT2D eigenvalue weighted by molar-refractivity contribution is -0.0946. The Morgan fingerprint density at radius 3 is 2.88 bits per heavy atom. The van der Waals surface area contributed by atoms with E-state index in [-0.39, 0.29) is 6.10 Å². The molecule has 5 nitrogen and oxygen atoms in total. The zero-order valence-electron chi connectivity index (χ0n) is 13.6. The predicted molar refractivity (Wildman–Crippen MR) is 96.5 cm³/mol. The van der Waals surface area contributed by atoms with E-state index >= 15 is 0 Å². The predicted octanol–water partition coefficient (Wildman–Crippen LogP) is 3.68. The first-order chi connectivity index (χ1) is 12.3. The number of nitrogens with zero attached hydrogens (tertiary/aromatic N) is 3. The Hall–Kier alpha value is -2.21. The number of hydrogen-bond acceptors (Lipinski definition) is 4. The second-order valence-electron chi connectivity index (χ2n) is 5.91. The van der Waals surface area contributed by atoms with Gasteiger partial charge >= 0.3 is 0 Å². The maximum absolute atomic E-state index is 6.26. The second-order valence-corrected chi connectivity index (χ2v) is 6.31. The van der Waals surface area contributed by atoms with Crippen LogP contribution in [-0.4, -0.2) is 40.7 Å². The van der Waals surface area contributed by atoms with Gasteiger partial charge in [-0.2, -0.15) is 5.10 Å². The number of hydrogen-bond donors (Lipinski definition) is 0. The first-order valence-corrected chi connectivity index (χ1v) is 8.61. The highest BCUT2D eigenvalue weighted by Crippen LogP contribution is 2.28. The molecule has 4 rings (SSSR count). The average Bonchev–Trinajstić information content (AvgIpc) is 3.12. The smallest absolute Gasteiger partial charge is 0.100 e. The summed E-state index contributed by atoms with van der Waals surface area (Å²) in [4.78, 5) is 4.38. The summed E-state index contributed by atoms with van der Waals surface area (Å²) in [7, 11) is 0. The SMILES string of the molecule is Clc1cccnc1-c1cccc(-c2ccn(CC3COCCO3)n2)c1. The fourth-order valence-corrected chi connectivity index (χ4v) is 3.12. The summed E-state index contributed by atoms with van der Waals surface area (Å²) in [5.74, 6) is 0. The molecule has 128 valence electrons. The van der Waals surface area contributed by atoms with Crippen LogP contribution in [0.1, 0.15) is 0 Å². The lowest BCUT2D eigenvalue weighted by Gasteiger charge is -2.22. The molecule has 6 heteroatoms. The van der Waals surface area contributed by atoms with Crippen LogP contribution in [0.3, 0.4) is 0 Å². The van der Waals surface area contributed by atoms with Crippen LogP contribution >= 0.6 is 11.6 Å². The van der Waals surface area contributed by atoms with Crippen LogP contribution in [0.4, 0.5) is 0 Å². The van der Waals surface area contributed by atoms with Crippen molar-refractivity contribution in [2.45, 2.75) is 12.6 Å². The van der Waals surface area contributed by atoms with Gasteiger partial charge < -0.3 is 9.47 Å². The van der Waals surface area contributed by atoms with Crippen LogP contribution in [0.25, 0.3) is 22.5 Å². The highest BCUT2D eigenvalue weighted by molar-refractivity contribution is 6.33. The third-order valence-corrected chi connectivity index (χ3v) is 4.41. The summed E-state index contributed by atoms with van der Waals surface area (Å²) in [6.07, 6.45) is 3.77. The number of ether oxygens (including phenoxy) is 2. The molecule has 3 aromatic rings. The second kappa shape index (κ2) is 7.35. The van der Waals surface area contributed by atoms with E-state index in [4.69, 9.17) is 21.1 Å². The first kappa shape index (κ1) is 16.3. The zero-order valence-corrected chi connectivity index (χ0v) is 14.4. The molecule has 0 N–H and O–H groups in total. The van der Waals surface area contributed by atoms with E-state index in [0.717, 1.165) is 22.5 Å². The molecule has 1 saturated heterocycles. The van der Waals surface area contributed by atoms with Gasteiger partial charge in [0, 0.05) is 23.5 Å². The summed E-state index contributed by atoms with van der Waals surface area (Å²) in [5.41, 5.74) is 3.68. The molecule has 0 saturated carbocycles. The van der Waals surface area contributed by atoms with Crippen LogP contribution in [-0.2, 0) is 16.0 Å². The molecule has 0 aliphatic carbocycles. The average molecular weight is 356 g/mol. The molecule has 0 amide bonds. The van der Waals surface area contributed by atoms with Crippen molar-refractivity contribution in [2.75, 3.05) is 19.8 Å². The molecular weight excluding hydrogens is 338 g/mol. The normalized spacial score (nSPS) is 17.6. The third kappa shape index (κ3) is 3.74. The lowest BCUT2D eigenvalue weighted by atomic mass is 10.1. The van der Waals surface area contributed by atoms with Crippen LogP contribution in [0.2, 0.25) is 5.02 Å². The Labute approximate surface area is 151 Å². The maximum atomic E-state index is 6.26. The standard InChI is InChI=1S/C19H18ClN3O2/c20-17-5-2-7-21-19(17)15-4-1-3-14(11-15)18-6-8-23(22-18)12-16-13-24-9-10-25-16/h1-8,11,16H,9-10,12-13H2. The van der Waals surface area contributed by atoms with E-state index in [1.807, 2.05) is 47.3 Å². The van der Waals surface area contributed by atoms with E-state index in [9.17, 15) is 0 Å². The summed E-state index contributed by atoms with van der Waals surface area (Å²) in [6, 6.07) is 13.8. The van der Waals surface area contributed by atoms with Crippen molar-refractivity contribution in [3.05, 3.63) is 59.9 Å². The zero-order chi connectivity index (χ0) is 17.1. The topological polar surface area (TPSA) is 49.2 Å². The van der Waals surface area contributed by atoms with Crippen molar-refractivity contribution in [3.63, 3.8) is 0 Å². The lowest BCUT2D eigenvalue weighted by Crippen LogP contribution is -2.32. The molecule has 0 spiro atoms. The van der Waals surface area contributed by atoms with Crippen molar-refractivity contribution in [2.24, 2.45) is 0 Å². The minimum absolute atomic E-state index is 0.0557. The van der Waals surface area contributed by atoms with E-state index in [1.54, 1.807) is 6.20 Å². The van der Waals surface area contributed by atoms with Gasteiger partial charge in [-0.1, -0.05) is 29.8 Å². The van der Waals surface area contributed by atoms with Gasteiger partial charge in [0.15, 0.2) is 0 Å². The highest BCUT2D eigenvalue weighted by atomic mass is 35.5. The number of pyridine rings is 1. The molecule has 2 aromatic heterocycles. The minimum Gasteiger partial charge on any atom is -0.376 e. The highest BCUT2D eigenvalue weighted by Gasteiger charge is 2.15. The van der Waals surface area contributed by atoms with Gasteiger partial charge in [0.25, 0.3) is 0 Å². The quantitative estimate of drug-likeness (QED) is 0.716. The molecular formula is C19H18ClN3O2.